The predicted octanol–water partition coefficient (Wildman–Crippen LogP) is 2.18. The first-order chi connectivity index (χ1) is 12.3. The van der Waals surface area contributed by atoms with Gasteiger partial charge in [0.1, 0.15) is 17.7 Å². The lowest BCUT2D eigenvalue weighted by molar-refractivity contribution is -0.113. The average Bonchev–Trinajstić information content (AvgIpc) is 3.02. The standard InChI is InChI=1S/C19H17N5O/c25-19(22-16-8-1-3-10-21-16)18-15-7-2-4-11-24(15)17(23-18)12-14-6-5-9-20-13-14/h1-11,13,17,23H,12H2,(H,21,22,25). The van der Waals surface area contributed by atoms with Gasteiger partial charge in [-0.25, -0.2) is 4.98 Å². The van der Waals surface area contributed by atoms with E-state index in [1.807, 2.05) is 54.9 Å². The molecule has 1 atom stereocenters. The Morgan fingerprint density at radius 1 is 1.20 bits per heavy atom. The summed E-state index contributed by atoms with van der Waals surface area (Å²) in [5.74, 6) is 0.326. The second-order valence-electron chi connectivity index (χ2n) is 5.76. The fourth-order valence-corrected chi connectivity index (χ4v) is 2.94. The number of anilines is 1. The summed E-state index contributed by atoms with van der Waals surface area (Å²) in [4.78, 5) is 23.1. The summed E-state index contributed by atoms with van der Waals surface area (Å²) in [6.07, 6.45) is 13.7. The van der Waals surface area contributed by atoms with E-state index in [9.17, 15) is 4.79 Å². The molecule has 6 nitrogen and oxygen atoms in total. The molecular formula is C19H17N5O. The molecule has 6 heteroatoms. The minimum atomic E-state index is -0.202. The largest absolute Gasteiger partial charge is 0.358 e. The average molecular weight is 331 g/mol. The first-order valence-corrected chi connectivity index (χ1v) is 8.06. The maximum atomic E-state index is 12.7. The highest BCUT2D eigenvalue weighted by molar-refractivity contribution is 6.04. The lowest BCUT2D eigenvalue weighted by Crippen LogP contribution is -2.37. The molecule has 0 radical (unpaired) electrons. The van der Waals surface area contributed by atoms with Gasteiger partial charge in [0, 0.05) is 31.2 Å². The van der Waals surface area contributed by atoms with Gasteiger partial charge in [0.05, 0.1) is 5.70 Å². The number of amides is 1. The molecule has 0 aliphatic carbocycles. The van der Waals surface area contributed by atoms with Crippen molar-refractivity contribution in [3.05, 3.63) is 90.3 Å². The van der Waals surface area contributed by atoms with E-state index in [1.165, 1.54) is 0 Å². The smallest absolute Gasteiger partial charge is 0.275 e. The molecule has 0 spiro atoms. The molecule has 2 aromatic rings. The van der Waals surface area contributed by atoms with Gasteiger partial charge in [-0.15, -0.1) is 0 Å². The highest BCUT2D eigenvalue weighted by Crippen LogP contribution is 2.27. The Labute approximate surface area is 145 Å². The van der Waals surface area contributed by atoms with Crippen molar-refractivity contribution in [2.24, 2.45) is 0 Å². The molecule has 124 valence electrons. The van der Waals surface area contributed by atoms with Crippen LogP contribution >= 0.6 is 0 Å². The second-order valence-corrected chi connectivity index (χ2v) is 5.76. The molecule has 0 saturated heterocycles. The van der Waals surface area contributed by atoms with E-state index in [-0.39, 0.29) is 12.1 Å². The minimum absolute atomic E-state index is 0.0371. The van der Waals surface area contributed by atoms with Gasteiger partial charge >= 0.3 is 0 Å². The van der Waals surface area contributed by atoms with Crippen LogP contribution in [0.4, 0.5) is 5.82 Å². The fourth-order valence-electron chi connectivity index (χ4n) is 2.94. The van der Waals surface area contributed by atoms with E-state index >= 15 is 0 Å². The molecular weight excluding hydrogens is 314 g/mol. The predicted molar refractivity (Wildman–Crippen MR) is 94.9 cm³/mol. The summed E-state index contributed by atoms with van der Waals surface area (Å²) in [6, 6.07) is 9.36. The zero-order chi connectivity index (χ0) is 17.1. The lowest BCUT2D eigenvalue weighted by atomic mass is 10.1. The highest BCUT2D eigenvalue weighted by atomic mass is 16.2. The maximum absolute atomic E-state index is 12.7. The third kappa shape index (κ3) is 3.14. The van der Waals surface area contributed by atoms with Crippen molar-refractivity contribution < 1.29 is 4.79 Å². The molecule has 4 rings (SSSR count). The Hall–Kier alpha value is -3.41. The molecule has 1 unspecified atom stereocenters. The Balaban J connectivity index is 1.56. The van der Waals surface area contributed by atoms with Crippen molar-refractivity contribution in [3.63, 3.8) is 0 Å². The zero-order valence-electron chi connectivity index (χ0n) is 13.5. The summed E-state index contributed by atoms with van der Waals surface area (Å²) < 4.78 is 0. The van der Waals surface area contributed by atoms with E-state index in [1.54, 1.807) is 18.5 Å². The number of hydrogen-bond donors (Lipinski definition) is 2. The Bertz CT molecular complexity index is 858. The molecule has 2 aliphatic heterocycles. The summed E-state index contributed by atoms with van der Waals surface area (Å²) >= 11 is 0. The second kappa shape index (κ2) is 6.60. The number of fused-ring (bicyclic) bond motifs is 1. The number of pyridine rings is 2. The number of rotatable bonds is 4. The quantitative estimate of drug-likeness (QED) is 0.899. The summed E-state index contributed by atoms with van der Waals surface area (Å²) in [7, 11) is 0. The molecule has 0 saturated carbocycles. The molecule has 2 N–H and O–H groups in total. The third-order valence-corrected chi connectivity index (χ3v) is 4.08. The van der Waals surface area contributed by atoms with E-state index in [0.29, 0.717) is 11.5 Å². The monoisotopic (exact) mass is 331 g/mol. The van der Waals surface area contributed by atoms with Crippen LogP contribution in [-0.4, -0.2) is 26.9 Å². The van der Waals surface area contributed by atoms with Gasteiger partial charge in [-0.1, -0.05) is 18.2 Å². The van der Waals surface area contributed by atoms with Crippen LogP contribution in [0.3, 0.4) is 0 Å². The molecule has 2 aromatic heterocycles. The Morgan fingerprint density at radius 3 is 2.96 bits per heavy atom. The molecule has 0 fully saturated rings. The molecule has 25 heavy (non-hydrogen) atoms. The Morgan fingerprint density at radius 2 is 2.16 bits per heavy atom. The van der Waals surface area contributed by atoms with Crippen molar-refractivity contribution in [1.82, 2.24) is 20.2 Å². The molecule has 1 amide bonds. The fraction of sp³-hybridized carbons (Fsp3) is 0.105. The van der Waals surface area contributed by atoms with Gasteiger partial charge in [-0.3, -0.25) is 9.78 Å². The van der Waals surface area contributed by atoms with E-state index in [0.717, 1.165) is 17.7 Å². The molecule has 4 heterocycles. The van der Waals surface area contributed by atoms with Crippen molar-refractivity contribution >= 4 is 11.7 Å². The van der Waals surface area contributed by atoms with Crippen LogP contribution in [0, 0.1) is 0 Å². The lowest BCUT2D eigenvalue weighted by Gasteiger charge is -2.25. The van der Waals surface area contributed by atoms with E-state index in [4.69, 9.17) is 0 Å². The van der Waals surface area contributed by atoms with Crippen LogP contribution in [0.2, 0.25) is 0 Å². The van der Waals surface area contributed by atoms with Crippen LogP contribution in [0.15, 0.2) is 84.7 Å². The van der Waals surface area contributed by atoms with Gasteiger partial charge < -0.3 is 15.5 Å². The number of hydrogen-bond acceptors (Lipinski definition) is 5. The third-order valence-electron chi connectivity index (χ3n) is 4.08. The number of carbonyl (C=O) groups excluding carboxylic acids is 1. The van der Waals surface area contributed by atoms with Crippen molar-refractivity contribution in [3.8, 4) is 0 Å². The summed E-state index contributed by atoms with van der Waals surface area (Å²) in [5, 5.41) is 6.17. The van der Waals surface area contributed by atoms with Crippen LogP contribution in [0.1, 0.15) is 5.56 Å². The summed E-state index contributed by atoms with van der Waals surface area (Å²) in [6.45, 7) is 0. The van der Waals surface area contributed by atoms with Gasteiger partial charge in [0.15, 0.2) is 0 Å². The topological polar surface area (TPSA) is 70.2 Å². The molecule has 0 bridgehead atoms. The highest BCUT2D eigenvalue weighted by Gasteiger charge is 2.33. The Kier molecular flexibility index (Phi) is 4.00. The summed E-state index contributed by atoms with van der Waals surface area (Å²) in [5.41, 5.74) is 2.50. The number of aromatic nitrogens is 2. The number of nitrogens with one attached hydrogen (secondary N) is 2. The first kappa shape index (κ1) is 15.1. The molecule has 0 aromatic carbocycles. The van der Waals surface area contributed by atoms with Gasteiger partial charge in [-0.05, 0) is 35.9 Å². The zero-order valence-corrected chi connectivity index (χ0v) is 13.5. The van der Waals surface area contributed by atoms with Crippen LogP contribution in [0.25, 0.3) is 0 Å². The van der Waals surface area contributed by atoms with Crippen molar-refractivity contribution in [2.75, 3.05) is 5.32 Å². The van der Waals surface area contributed by atoms with Gasteiger partial charge in [-0.2, -0.15) is 0 Å². The van der Waals surface area contributed by atoms with Crippen LogP contribution in [0.5, 0.6) is 0 Å². The van der Waals surface area contributed by atoms with E-state index in [2.05, 4.69) is 25.5 Å². The first-order valence-electron chi connectivity index (χ1n) is 8.06. The van der Waals surface area contributed by atoms with E-state index < -0.39 is 0 Å². The normalized spacial score (nSPS) is 18.1. The van der Waals surface area contributed by atoms with Crippen LogP contribution < -0.4 is 10.6 Å². The van der Waals surface area contributed by atoms with Gasteiger partial charge in [0.25, 0.3) is 5.91 Å². The van der Waals surface area contributed by atoms with Crippen LogP contribution in [-0.2, 0) is 11.2 Å². The van der Waals surface area contributed by atoms with Gasteiger partial charge in [0.2, 0.25) is 0 Å². The number of nitrogens with zero attached hydrogens (tertiary/aromatic N) is 3. The van der Waals surface area contributed by atoms with Crippen molar-refractivity contribution in [2.45, 2.75) is 12.6 Å². The minimum Gasteiger partial charge on any atom is -0.358 e. The molecule has 2 aliphatic rings. The maximum Gasteiger partial charge on any atom is 0.275 e. The SMILES string of the molecule is O=C(Nc1ccccn1)C1=C2C=CC=CN2C(Cc2cccnc2)N1. The number of carbonyl (C=O) groups is 1. The van der Waals surface area contributed by atoms with Crippen molar-refractivity contribution in [1.29, 1.82) is 0 Å². The number of allylic oxidation sites excluding steroid dienone is 3.